The number of hydrogen-bond donors (Lipinski definition) is 1. The Labute approximate surface area is 170 Å². The van der Waals surface area contributed by atoms with E-state index in [1.54, 1.807) is 18.2 Å². The largest absolute Gasteiger partial charge is 0.495 e. The fourth-order valence-electron chi connectivity index (χ4n) is 3.01. The summed E-state index contributed by atoms with van der Waals surface area (Å²) in [7, 11) is 0.516. The van der Waals surface area contributed by atoms with Gasteiger partial charge >= 0.3 is 0 Å². The summed E-state index contributed by atoms with van der Waals surface area (Å²) in [4.78, 5) is 12.9. The van der Waals surface area contributed by atoms with E-state index in [0.29, 0.717) is 10.9 Å². The summed E-state index contributed by atoms with van der Waals surface area (Å²) in [6.07, 6.45) is 2.08. The van der Waals surface area contributed by atoms with Gasteiger partial charge in [0.2, 0.25) is 10.0 Å². The van der Waals surface area contributed by atoms with Gasteiger partial charge in [-0.2, -0.15) is 0 Å². The molecule has 0 saturated heterocycles. The van der Waals surface area contributed by atoms with Gasteiger partial charge in [0, 0.05) is 24.7 Å². The average Bonchev–Trinajstić information content (AvgIpc) is 3.51. The van der Waals surface area contributed by atoms with E-state index in [1.807, 2.05) is 12.1 Å². The maximum Gasteiger partial charge on any atom is 0.251 e. The van der Waals surface area contributed by atoms with E-state index in [9.17, 15) is 13.2 Å². The Morgan fingerprint density at radius 1 is 1.18 bits per heavy atom. The van der Waals surface area contributed by atoms with Crippen LogP contribution < -0.4 is 10.1 Å². The SMILES string of the molecule is COc1ccc(C(=O)NC(c2ccc(Cl)cc2)C2CC2)cc1S(=O)(=O)N(C)C. The van der Waals surface area contributed by atoms with Crippen molar-refractivity contribution in [1.82, 2.24) is 9.62 Å². The maximum absolute atomic E-state index is 12.9. The van der Waals surface area contributed by atoms with Crippen LogP contribution in [0.4, 0.5) is 0 Å². The van der Waals surface area contributed by atoms with Gasteiger partial charge in [-0.15, -0.1) is 0 Å². The molecular formula is C20H23ClN2O4S. The van der Waals surface area contributed by atoms with Gasteiger partial charge in [0.25, 0.3) is 5.91 Å². The number of sulfonamides is 1. The summed E-state index contributed by atoms with van der Waals surface area (Å²) in [6, 6.07) is 11.7. The van der Waals surface area contributed by atoms with Crippen molar-refractivity contribution >= 4 is 27.5 Å². The molecule has 1 aliphatic rings. The van der Waals surface area contributed by atoms with Gasteiger partial charge in [-0.25, -0.2) is 12.7 Å². The lowest BCUT2D eigenvalue weighted by molar-refractivity contribution is 0.0931. The highest BCUT2D eigenvalue weighted by atomic mass is 35.5. The van der Waals surface area contributed by atoms with Crippen molar-refractivity contribution in [3.63, 3.8) is 0 Å². The van der Waals surface area contributed by atoms with Crippen molar-refractivity contribution in [1.29, 1.82) is 0 Å². The smallest absolute Gasteiger partial charge is 0.251 e. The molecule has 1 saturated carbocycles. The fraction of sp³-hybridized carbons (Fsp3) is 0.350. The van der Waals surface area contributed by atoms with Crippen LogP contribution in [0.5, 0.6) is 5.75 Å². The number of methoxy groups -OCH3 is 1. The quantitative estimate of drug-likeness (QED) is 0.741. The number of carbonyl (C=O) groups is 1. The van der Waals surface area contributed by atoms with E-state index in [4.69, 9.17) is 16.3 Å². The predicted octanol–water partition coefficient (Wildman–Crippen LogP) is 3.48. The second-order valence-corrected chi connectivity index (χ2v) is 9.55. The third-order valence-electron chi connectivity index (χ3n) is 4.79. The predicted molar refractivity (Wildman–Crippen MR) is 108 cm³/mol. The maximum atomic E-state index is 12.9. The molecule has 2 aromatic rings. The highest BCUT2D eigenvalue weighted by Gasteiger charge is 2.34. The Morgan fingerprint density at radius 3 is 2.36 bits per heavy atom. The molecule has 1 N–H and O–H groups in total. The van der Waals surface area contributed by atoms with E-state index < -0.39 is 10.0 Å². The zero-order valence-corrected chi connectivity index (χ0v) is 17.5. The highest BCUT2D eigenvalue weighted by molar-refractivity contribution is 7.89. The summed E-state index contributed by atoms with van der Waals surface area (Å²) in [5, 5.41) is 3.68. The first-order valence-corrected chi connectivity index (χ1v) is 10.7. The second kappa shape index (κ2) is 8.11. The van der Waals surface area contributed by atoms with E-state index in [2.05, 4.69) is 5.32 Å². The molecule has 0 aromatic heterocycles. The van der Waals surface area contributed by atoms with Gasteiger partial charge in [0.15, 0.2) is 0 Å². The fourth-order valence-corrected chi connectivity index (χ4v) is 4.21. The van der Waals surface area contributed by atoms with Crippen LogP contribution in [0.3, 0.4) is 0 Å². The van der Waals surface area contributed by atoms with Gasteiger partial charge in [-0.05, 0) is 54.7 Å². The van der Waals surface area contributed by atoms with Crippen molar-refractivity contribution in [3.05, 3.63) is 58.6 Å². The number of hydrogen-bond acceptors (Lipinski definition) is 4. The van der Waals surface area contributed by atoms with Crippen LogP contribution in [-0.2, 0) is 10.0 Å². The van der Waals surface area contributed by atoms with Gasteiger partial charge in [0.1, 0.15) is 10.6 Å². The molecule has 28 heavy (non-hydrogen) atoms. The summed E-state index contributed by atoms with van der Waals surface area (Å²) in [5.41, 5.74) is 1.25. The Bertz CT molecular complexity index is 970. The molecule has 1 unspecified atom stereocenters. The van der Waals surface area contributed by atoms with Gasteiger partial charge < -0.3 is 10.1 Å². The second-order valence-electron chi connectivity index (χ2n) is 6.99. The number of ether oxygens (including phenoxy) is 1. The number of halogens is 1. The first kappa shape index (κ1) is 20.6. The molecule has 0 aliphatic heterocycles. The van der Waals surface area contributed by atoms with E-state index in [-0.39, 0.29) is 28.2 Å². The Balaban J connectivity index is 1.90. The lowest BCUT2D eigenvalue weighted by Crippen LogP contribution is -2.30. The first-order valence-electron chi connectivity index (χ1n) is 8.91. The van der Waals surface area contributed by atoms with Crippen LogP contribution in [0.15, 0.2) is 47.4 Å². The molecule has 0 heterocycles. The van der Waals surface area contributed by atoms with Crippen LogP contribution >= 0.6 is 11.6 Å². The standard InChI is InChI=1S/C20H23ClN2O4S/c1-23(2)28(25,26)18-12-15(8-11-17(18)27-3)20(24)22-19(13-4-5-13)14-6-9-16(21)10-7-14/h6-13,19H,4-5H2,1-3H3,(H,22,24). The Kier molecular flexibility index (Phi) is 5.98. The molecule has 1 fully saturated rings. The molecule has 8 heteroatoms. The number of benzene rings is 2. The number of nitrogens with one attached hydrogen (secondary N) is 1. The van der Waals surface area contributed by atoms with Crippen LogP contribution in [0.25, 0.3) is 0 Å². The van der Waals surface area contributed by atoms with Gasteiger partial charge in [0.05, 0.1) is 13.2 Å². The van der Waals surface area contributed by atoms with E-state index in [1.165, 1.54) is 33.3 Å². The third kappa shape index (κ3) is 4.32. The topological polar surface area (TPSA) is 75.7 Å². The number of rotatable bonds is 7. The zero-order chi connectivity index (χ0) is 20.5. The minimum atomic E-state index is -3.75. The first-order chi connectivity index (χ1) is 13.2. The summed E-state index contributed by atoms with van der Waals surface area (Å²) in [6.45, 7) is 0. The molecule has 1 aliphatic carbocycles. The number of amides is 1. The summed E-state index contributed by atoms with van der Waals surface area (Å²) < 4.78 is 31.4. The van der Waals surface area contributed by atoms with Crippen molar-refractivity contribution in [3.8, 4) is 5.75 Å². The Morgan fingerprint density at radius 2 is 1.82 bits per heavy atom. The van der Waals surface area contributed by atoms with E-state index in [0.717, 1.165) is 22.7 Å². The number of nitrogens with zero attached hydrogens (tertiary/aromatic N) is 1. The van der Waals surface area contributed by atoms with Crippen LogP contribution in [-0.4, -0.2) is 39.8 Å². The molecule has 150 valence electrons. The molecule has 0 bridgehead atoms. The molecule has 0 radical (unpaired) electrons. The normalized spacial score (nSPS) is 15.3. The molecular weight excluding hydrogens is 400 g/mol. The van der Waals surface area contributed by atoms with Crippen molar-refractivity contribution in [2.75, 3.05) is 21.2 Å². The van der Waals surface area contributed by atoms with Gasteiger partial charge in [-0.1, -0.05) is 23.7 Å². The van der Waals surface area contributed by atoms with Crippen LogP contribution in [0.1, 0.15) is 34.8 Å². The Hall–Kier alpha value is -2.09. The third-order valence-corrected chi connectivity index (χ3v) is 6.88. The molecule has 6 nitrogen and oxygen atoms in total. The van der Waals surface area contributed by atoms with Crippen molar-refractivity contribution in [2.45, 2.75) is 23.8 Å². The molecule has 2 aromatic carbocycles. The molecule has 1 atom stereocenters. The van der Waals surface area contributed by atoms with Gasteiger partial charge in [-0.3, -0.25) is 4.79 Å². The number of carbonyl (C=O) groups excluding carboxylic acids is 1. The molecule has 1 amide bonds. The summed E-state index contributed by atoms with van der Waals surface area (Å²) in [5.74, 6) is 0.236. The summed E-state index contributed by atoms with van der Waals surface area (Å²) >= 11 is 5.97. The van der Waals surface area contributed by atoms with Crippen LogP contribution in [0, 0.1) is 5.92 Å². The molecule has 3 rings (SSSR count). The van der Waals surface area contributed by atoms with Crippen molar-refractivity contribution in [2.24, 2.45) is 5.92 Å². The van der Waals surface area contributed by atoms with Crippen molar-refractivity contribution < 1.29 is 17.9 Å². The highest BCUT2D eigenvalue weighted by Crippen LogP contribution is 2.41. The lowest BCUT2D eigenvalue weighted by atomic mass is 10.0. The monoisotopic (exact) mass is 422 g/mol. The lowest BCUT2D eigenvalue weighted by Gasteiger charge is -2.20. The average molecular weight is 423 g/mol. The zero-order valence-electron chi connectivity index (χ0n) is 16.0. The minimum absolute atomic E-state index is 0.0397. The minimum Gasteiger partial charge on any atom is -0.495 e. The van der Waals surface area contributed by atoms with E-state index >= 15 is 0 Å². The molecule has 0 spiro atoms. The van der Waals surface area contributed by atoms with Crippen LogP contribution in [0.2, 0.25) is 5.02 Å².